The summed E-state index contributed by atoms with van der Waals surface area (Å²) in [4.78, 5) is 11.0. The normalized spacial score (nSPS) is 18.7. The molecule has 1 aromatic carbocycles. The van der Waals surface area contributed by atoms with E-state index in [1.807, 2.05) is 6.07 Å². The molecular formula is C12H14O4. The molecule has 4 heteroatoms. The Morgan fingerprint density at radius 3 is 3.12 bits per heavy atom. The van der Waals surface area contributed by atoms with E-state index >= 15 is 0 Å². The van der Waals surface area contributed by atoms with E-state index in [0.717, 1.165) is 12.0 Å². The molecule has 2 rings (SSSR count). The molecule has 0 aromatic heterocycles. The van der Waals surface area contributed by atoms with Gasteiger partial charge in [-0.1, -0.05) is 12.1 Å². The Labute approximate surface area is 93.8 Å². The lowest BCUT2D eigenvalue weighted by atomic mass is 9.95. The molecule has 86 valence electrons. The fourth-order valence-electron chi connectivity index (χ4n) is 2.00. The van der Waals surface area contributed by atoms with Crippen LogP contribution in [0.5, 0.6) is 5.75 Å². The third-order valence-corrected chi connectivity index (χ3v) is 2.70. The van der Waals surface area contributed by atoms with Crippen molar-refractivity contribution in [2.45, 2.75) is 6.42 Å². The van der Waals surface area contributed by atoms with E-state index in [2.05, 4.69) is 0 Å². The summed E-state index contributed by atoms with van der Waals surface area (Å²) in [5.41, 5.74) is 1.20. The predicted molar refractivity (Wildman–Crippen MR) is 58.0 cm³/mol. The highest BCUT2D eigenvalue weighted by atomic mass is 16.5. The zero-order valence-corrected chi connectivity index (χ0v) is 9.10. The van der Waals surface area contributed by atoms with E-state index in [9.17, 15) is 4.79 Å². The van der Waals surface area contributed by atoms with Gasteiger partial charge in [0.05, 0.1) is 13.2 Å². The Bertz CT molecular complexity index is 400. The molecule has 0 fully saturated rings. The molecule has 16 heavy (non-hydrogen) atoms. The summed E-state index contributed by atoms with van der Waals surface area (Å²) in [5, 5.41) is 9.01. The van der Waals surface area contributed by atoms with Crippen LogP contribution in [0.15, 0.2) is 18.2 Å². The number of ether oxygens (including phenoxy) is 2. The third-order valence-electron chi connectivity index (χ3n) is 2.70. The Morgan fingerprint density at radius 2 is 2.44 bits per heavy atom. The molecule has 0 amide bonds. The first-order chi connectivity index (χ1) is 7.72. The topological polar surface area (TPSA) is 55.8 Å². The van der Waals surface area contributed by atoms with Gasteiger partial charge in [-0.05, 0) is 18.1 Å². The van der Waals surface area contributed by atoms with E-state index in [1.54, 1.807) is 19.2 Å². The largest absolute Gasteiger partial charge is 0.492 e. The van der Waals surface area contributed by atoms with Crippen molar-refractivity contribution in [1.29, 1.82) is 0 Å². The summed E-state index contributed by atoms with van der Waals surface area (Å²) in [5.74, 6) is -0.120. The SMILES string of the molecule is COCC1COc2c(cccc2C(=O)O)C1. The van der Waals surface area contributed by atoms with Crippen LogP contribution in [0.2, 0.25) is 0 Å². The summed E-state index contributed by atoms with van der Waals surface area (Å²) in [7, 11) is 1.66. The number of fused-ring (bicyclic) bond motifs is 1. The van der Waals surface area contributed by atoms with Crippen LogP contribution in [0, 0.1) is 5.92 Å². The van der Waals surface area contributed by atoms with Gasteiger partial charge in [0.15, 0.2) is 0 Å². The number of carboxylic acid groups (broad SMARTS) is 1. The van der Waals surface area contributed by atoms with Crippen LogP contribution in [0.3, 0.4) is 0 Å². The highest BCUT2D eigenvalue weighted by Crippen LogP contribution is 2.31. The number of carbonyl (C=O) groups is 1. The fourth-order valence-corrected chi connectivity index (χ4v) is 2.00. The van der Waals surface area contributed by atoms with Crippen LogP contribution in [-0.2, 0) is 11.2 Å². The fraction of sp³-hybridized carbons (Fsp3) is 0.417. The zero-order chi connectivity index (χ0) is 11.5. The van der Waals surface area contributed by atoms with Crippen LogP contribution < -0.4 is 4.74 Å². The molecular weight excluding hydrogens is 208 g/mol. The maximum atomic E-state index is 11.0. The van der Waals surface area contributed by atoms with Gasteiger partial charge in [0, 0.05) is 13.0 Å². The van der Waals surface area contributed by atoms with Crippen molar-refractivity contribution < 1.29 is 19.4 Å². The molecule has 0 spiro atoms. The van der Waals surface area contributed by atoms with Gasteiger partial charge in [0.2, 0.25) is 0 Å². The number of benzene rings is 1. The second kappa shape index (κ2) is 4.53. The van der Waals surface area contributed by atoms with Gasteiger partial charge in [0.25, 0.3) is 0 Å². The van der Waals surface area contributed by atoms with Gasteiger partial charge >= 0.3 is 5.97 Å². The molecule has 0 aliphatic carbocycles. The van der Waals surface area contributed by atoms with Crippen molar-refractivity contribution in [3.05, 3.63) is 29.3 Å². The summed E-state index contributed by atoms with van der Waals surface area (Å²) < 4.78 is 10.6. The molecule has 0 saturated carbocycles. The van der Waals surface area contributed by atoms with Crippen molar-refractivity contribution in [2.24, 2.45) is 5.92 Å². The highest BCUT2D eigenvalue weighted by Gasteiger charge is 2.24. The molecule has 1 aliphatic heterocycles. The van der Waals surface area contributed by atoms with Gasteiger partial charge in [-0.2, -0.15) is 0 Å². The number of carboxylic acids is 1. The minimum absolute atomic E-state index is 0.244. The number of para-hydroxylation sites is 1. The minimum atomic E-state index is -0.943. The average Bonchev–Trinajstić information content (AvgIpc) is 2.28. The van der Waals surface area contributed by atoms with Crippen LogP contribution in [0.25, 0.3) is 0 Å². The molecule has 1 unspecified atom stereocenters. The zero-order valence-electron chi connectivity index (χ0n) is 9.10. The van der Waals surface area contributed by atoms with Gasteiger partial charge in [-0.15, -0.1) is 0 Å². The van der Waals surface area contributed by atoms with Crippen molar-refractivity contribution in [3.8, 4) is 5.75 Å². The number of hydrogen-bond donors (Lipinski definition) is 1. The van der Waals surface area contributed by atoms with E-state index in [4.69, 9.17) is 14.6 Å². The molecule has 1 atom stereocenters. The van der Waals surface area contributed by atoms with Gasteiger partial charge < -0.3 is 14.6 Å². The van der Waals surface area contributed by atoms with Gasteiger partial charge in [-0.25, -0.2) is 4.79 Å². The lowest BCUT2D eigenvalue weighted by molar-refractivity contribution is 0.0683. The van der Waals surface area contributed by atoms with Crippen molar-refractivity contribution in [3.63, 3.8) is 0 Å². The smallest absolute Gasteiger partial charge is 0.339 e. The quantitative estimate of drug-likeness (QED) is 0.843. The van der Waals surface area contributed by atoms with E-state index in [1.165, 1.54) is 0 Å². The maximum absolute atomic E-state index is 11.0. The standard InChI is InChI=1S/C12H14O4/c1-15-6-8-5-9-3-2-4-10(12(13)14)11(9)16-7-8/h2-4,8H,5-7H2,1H3,(H,13,14). The second-order valence-electron chi connectivity index (χ2n) is 3.94. The average molecular weight is 222 g/mol. The Kier molecular flexibility index (Phi) is 3.10. The van der Waals surface area contributed by atoms with Crippen LogP contribution in [0.4, 0.5) is 0 Å². The van der Waals surface area contributed by atoms with Crippen molar-refractivity contribution in [1.82, 2.24) is 0 Å². The van der Waals surface area contributed by atoms with Crippen molar-refractivity contribution >= 4 is 5.97 Å². The van der Waals surface area contributed by atoms with Gasteiger partial charge in [-0.3, -0.25) is 0 Å². The minimum Gasteiger partial charge on any atom is -0.492 e. The summed E-state index contributed by atoms with van der Waals surface area (Å²) in [6.07, 6.45) is 0.810. The summed E-state index contributed by atoms with van der Waals surface area (Å²) in [6.45, 7) is 1.15. The molecule has 1 N–H and O–H groups in total. The number of methoxy groups -OCH3 is 1. The molecule has 1 aromatic rings. The Balaban J connectivity index is 2.27. The second-order valence-corrected chi connectivity index (χ2v) is 3.94. The molecule has 4 nitrogen and oxygen atoms in total. The number of aromatic carboxylic acids is 1. The van der Waals surface area contributed by atoms with E-state index in [-0.39, 0.29) is 5.56 Å². The van der Waals surface area contributed by atoms with E-state index < -0.39 is 5.97 Å². The Morgan fingerprint density at radius 1 is 1.62 bits per heavy atom. The molecule has 0 radical (unpaired) electrons. The lowest BCUT2D eigenvalue weighted by Crippen LogP contribution is -2.25. The molecule has 1 aliphatic rings. The molecule has 0 bridgehead atoms. The maximum Gasteiger partial charge on any atom is 0.339 e. The Hall–Kier alpha value is -1.55. The van der Waals surface area contributed by atoms with Crippen LogP contribution in [0.1, 0.15) is 15.9 Å². The lowest BCUT2D eigenvalue weighted by Gasteiger charge is -2.25. The highest BCUT2D eigenvalue weighted by molar-refractivity contribution is 5.91. The van der Waals surface area contributed by atoms with Gasteiger partial charge in [0.1, 0.15) is 11.3 Å². The third kappa shape index (κ3) is 2.02. The molecule has 0 saturated heterocycles. The molecule has 1 heterocycles. The van der Waals surface area contributed by atoms with Crippen LogP contribution in [-0.4, -0.2) is 31.4 Å². The first kappa shape index (κ1) is 11.0. The van der Waals surface area contributed by atoms with Crippen molar-refractivity contribution in [2.75, 3.05) is 20.3 Å². The first-order valence-corrected chi connectivity index (χ1v) is 5.19. The summed E-state index contributed by atoms with van der Waals surface area (Å²) in [6, 6.07) is 5.22. The number of hydrogen-bond acceptors (Lipinski definition) is 3. The summed E-state index contributed by atoms with van der Waals surface area (Å²) >= 11 is 0. The van der Waals surface area contributed by atoms with Crippen LogP contribution >= 0.6 is 0 Å². The number of rotatable bonds is 3. The van der Waals surface area contributed by atoms with E-state index in [0.29, 0.717) is 24.9 Å². The predicted octanol–water partition coefficient (Wildman–Crippen LogP) is 1.58. The monoisotopic (exact) mass is 222 g/mol. The first-order valence-electron chi connectivity index (χ1n) is 5.19.